The third kappa shape index (κ3) is 12.1. The van der Waals surface area contributed by atoms with Crippen molar-refractivity contribution in [2.24, 2.45) is 34.0 Å². The molecule has 10 N–H and O–H groups in total. The van der Waals surface area contributed by atoms with Gasteiger partial charge in [0.1, 0.15) is 18.1 Å². The molecule has 0 heterocycles. The van der Waals surface area contributed by atoms with E-state index in [1.165, 1.54) is 6.92 Å². The summed E-state index contributed by atoms with van der Waals surface area (Å²) >= 11 is 0. The Bertz CT molecular complexity index is 694. The first-order valence-electron chi connectivity index (χ1n) is 11.2. The summed E-state index contributed by atoms with van der Waals surface area (Å²) in [4.78, 5) is 53.1. The lowest BCUT2D eigenvalue weighted by Crippen LogP contribution is -2.57. The Morgan fingerprint density at radius 2 is 1.48 bits per heavy atom. The molecule has 0 fully saturated rings. The summed E-state index contributed by atoms with van der Waals surface area (Å²) in [6.45, 7) is 9.12. The number of carboxylic acids is 1. The molecule has 12 nitrogen and oxygen atoms in total. The van der Waals surface area contributed by atoms with Crippen LogP contribution >= 0.6 is 0 Å². The van der Waals surface area contributed by atoms with Crippen LogP contribution in [-0.2, 0) is 19.2 Å². The Hall–Kier alpha value is -2.89. The summed E-state index contributed by atoms with van der Waals surface area (Å²) in [5.74, 6) is -3.01. The number of aliphatic imine (C=N–C) groups is 1. The van der Waals surface area contributed by atoms with Crippen molar-refractivity contribution in [3.05, 3.63) is 0 Å². The van der Waals surface area contributed by atoms with E-state index >= 15 is 0 Å². The lowest BCUT2D eigenvalue weighted by Gasteiger charge is -2.25. The molecule has 0 saturated heterocycles. The number of carboxylic acid groups (broad SMARTS) is 1. The third-order valence-corrected chi connectivity index (χ3v) is 5.21. The summed E-state index contributed by atoms with van der Waals surface area (Å²) in [6, 6.07) is -3.86. The lowest BCUT2D eigenvalue weighted by atomic mass is 9.99. The molecule has 0 aromatic carbocycles. The van der Waals surface area contributed by atoms with Gasteiger partial charge in [-0.05, 0) is 38.0 Å². The van der Waals surface area contributed by atoms with Crippen molar-refractivity contribution < 1.29 is 24.3 Å². The van der Waals surface area contributed by atoms with Gasteiger partial charge in [-0.1, -0.05) is 34.1 Å². The predicted molar refractivity (Wildman–Crippen MR) is 126 cm³/mol. The first-order valence-corrected chi connectivity index (χ1v) is 11.2. The van der Waals surface area contributed by atoms with Gasteiger partial charge in [-0.3, -0.25) is 19.4 Å². The number of carbonyl (C=O) groups excluding carboxylic acids is 3. The van der Waals surface area contributed by atoms with Gasteiger partial charge in [0.2, 0.25) is 17.7 Å². The van der Waals surface area contributed by atoms with Crippen LogP contribution < -0.4 is 33.2 Å². The maximum Gasteiger partial charge on any atom is 0.326 e. The third-order valence-electron chi connectivity index (χ3n) is 5.21. The second-order valence-electron chi connectivity index (χ2n) is 8.68. The number of nitrogens with one attached hydrogen (secondary N) is 3. The van der Waals surface area contributed by atoms with Crippen molar-refractivity contribution in [2.75, 3.05) is 6.54 Å². The predicted octanol–water partition coefficient (Wildman–Crippen LogP) is -0.982. The van der Waals surface area contributed by atoms with Crippen LogP contribution in [0.4, 0.5) is 0 Å². The molecule has 0 spiro atoms. The van der Waals surface area contributed by atoms with Crippen LogP contribution in [0, 0.1) is 11.8 Å². The second-order valence-corrected chi connectivity index (χ2v) is 8.68. The molecule has 0 aliphatic heterocycles. The molecular weight excluding hydrogens is 430 g/mol. The van der Waals surface area contributed by atoms with Crippen LogP contribution in [0.5, 0.6) is 0 Å². The summed E-state index contributed by atoms with van der Waals surface area (Å²) in [6.07, 6.45) is 1.46. The number of nitrogens with two attached hydrogens (primary N) is 3. The van der Waals surface area contributed by atoms with Crippen molar-refractivity contribution in [1.29, 1.82) is 0 Å². The van der Waals surface area contributed by atoms with E-state index < -0.39 is 47.9 Å². The van der Waals surface area contributed by atoms with Crippen molar-refractivity contribution in [2.45, 2.75) is 84.5 Å². The standard InChI is InChI=1S/C21H41N7O5/c1-6-12(4)16(22)19(31)26-13(5)17(29)27-14(8-7-9-25-21(23)24)18(30)28-15(20(32)33)10-11(2)3/h11-16H,6-10,22H2,1-5H3,(H,26,31)(H,27,29)(H,28,30)(H,32,33)(H4,23,24,25). The fourth-order valence-electron chi connectivity index (χ4n) is 2.92. The van der Waals surface area contributed by atoms with E-state index in [-0.39, 0.29) is 37.2 Å². The van der Waals surface area contributed by atoms with Crippen LogP contribution in [0.3, 0.4) is 0 Å². The van der Waals surface area contributed by atoms with E-state index in [2.05, 4.69) is 20.9 Å². The van der Waals surface area contributed by atoms with E-state index in [0.29, 0.717) is 12.8 Å². The van der Waals surface area contributed by atoms with Gasteiger partial charge in [-0.2, -0.15) is 0 Å². The van der Waals surface area contributed by atoms with Gasteiger partial charge in [0, 0.05) is 6.54 Å². The average molecular weight is 472 g/mol. The van der Waals surface area contributed by atoms with Crippen LogP contribution in [0.2, 0.25) is 0 Å². The highest BCUT2D eigenvalue weighted by atomic mass is 16.4. The SMILES string of the molecule is CCC(C)C(N)C(=O)NC(C)C(=O)NC(CCCN=C(N)N)C(=O)NC(CC(C)C)C(=O)O. The van der Waals surface area contributed by atoms with Gasteiger partial charge in [-0.15, -0.1) is 0 Å². The number of hydrogen-bond donors (Lipinski definition) is 7. The molecule has 5 atom stereocenters. The maximum absolute atomic E-state index is 12.8. The molecule has 0 aromatic heterocycles. The fourth-order valence-corrected chi connectivity index (χ4v) is 2.92. The Morgan fingerprint density at radius 3 is 1.97 bits per heavy atom. The topological polar surface area (TPSA) is 215 Å². The quantitative estimate of drug-likeness (QED) is 0.0892. The zero-order valence-electron chi connectivity index (χ0n) is 20.3. The molecule has 12 heteroatoms. The Kier molecular flexibility index (Phi) is 13.7. The van der Waals surface area contributed by atoms with E-state index in [1.54, 1.807) is 0 Å². The summed E-state index contributed by atoms with van der Waals surface area (Å²) in [7, 11) is 0. The van der Waals surface area contributed by atoms with E-state index in [1.807, 2.05) is 27.7 Å². The Balaban J connectivity index is 5.28. The van der Waals surface area contributed by atoms with Gasteiger partial charge < -0.3 is 38.3 Å². The molecule has 0 aromatic rings. The number of rotatable bonds is 15. The minimum Gasteiger partial charge on any atom is -0.480 e. The number of guanidine groups is 1. The van der Waals surface area contributed by atoms with Gasteiger partial charge in [0.25, 0.3) is 0 Å². The smallest absolute Gasteiger partial charge is 0.326 e. The monoisotopic (exact) mass is 471 g/mol. The second kappa shape index (κ2) is 15.0. The molecule has 0 saturated carbocycles. The lowest BCUT2D eigenvalue weighted by molar-refractivity contribution is -0.142. The summed E-state index contributed by atoms with van der Waals surface area (Å²) < 4.78 is 0. The Morgan fingerprint density at radius 1 is 0.909 bits per heavy atom. The van der Waals surface area contributed by atoms with Crippen LogP contribution in [0.1, 0.15) is 60.3 Å². The number of carbonyl (C=O) groups is 4. The molecule has 0 rings (SSSR count). The molecule has 5 unspecified atom stereocenters. The minimum atomic E-state index is -1.16. The maximum atomic E-state index is 12.8. The van der Waals surface area contributed by atoms with Gasteiger partial charge in [-0.25, -0.2) is 4.79 Å². The van der Waals surface area contributed by atoms with Crippen molar-refractivity contribution >= 4 is 29.7 Å². The zero-order valence-corrected chi connectivity index (χ0v) is 20.3. The van der Waals surface area contributed by atoms with E-state index in [0.717, 1.165) is 0 Å². The van der Waals surface area contributed by atoms with Crippen molar-refractivity contribution in [3.8, 4) is 0 Å². The van der Waals surface area contributed by atoms with Crippen LogP contribution in [0.25, 0.3) is 0 Å². The molecule has 0 bridgehead atoms. The highest BCUT2D eigenvalue weighted by Gasteiger charge is 2.29. The largest absolute Gasteiger partial charge is 0.480 e. The highest BCUT2D eigenvalue weighted by molar-refractivity contribution is 5.93. The zero-order chi connectivity index (χ0) is 25.7. The Labute approximate surface area is 195 Å². The molecule has 0 aliphatic carbocycles. The van der Waals surface area contributed by atoms with Gasteiger partial charge >= 0.3 is 5.97 Å². The molecule has 0 aliphatic rings. The van der Waals surface area contributed by atoms with Crippen LogP contribution in [-0.4, -0.2) is 65.5 Å². The molecule has 3 amide bonds. The fraction of sp³-hybridized carbons (Fsp3) is 0.762. The number of hydrogen-bond acceptors (Lipinski definition) is 6. The summed E-state index contributed by atoms with van der Waals surface area (Å²) in [5, 5.41) is 17.0. The highest BCUT2D eigenvalue weighted by Crippen LogP contribution is 2.08. The average Bonchev–Trinajstić information content (AvgIpc) is 2.73. The molecule has 0 radical (unpaired) electrons. The van der Waals surface area contributed by atoms with Gasteiger partial charge in [0.05, 0.1) is 6.04 Å². The normalized spacial score (nSPS) is 15.5. The number of aliphatic carboxylic acids is 1. The van der Waals surface area contributed by atoms with Gasteiger partial charge in [0.15, 0.2) is 5.96 Å². The molecule has 33 heavy (non-hydrogen) atoms. The molecule has 190 valence electrons. The minimum absolute atomic E-state index is 0.0336. The van der Waals surface area contributed by atoms with E-state index in [9.17, 15) is 24.3 Å². The first kappa shape index (κ1) is 30.1. The van der Waals surface area contributed by atoms with Crippen molar-refractivity contribution in [1.82, 2.24) is 16.0 Å². The van der Waals surface area contributed by atoms with E-state index in [4.69, 9.17) is 17.2 Å². The first-order chi connectivity index (χ1) is 15.3. The number of amides is 3. The summed E-state index contributed by atoms with van der Waals surface area (Å²) in [5.41, 5.74) is 16.5. The molecular formula is C21H41N7O5. The van der Waals surface area contributed by atoms with Crippen LogP contribution in [0.15, 0.2) is 4.99 Å². The number of nitrogens with zero attached hydrogens (tertiary/aromatic N) is 1. The van der Waals surface area contributed by atoms with Crippen molar-refractivity contribution in [3.63, 3.8) is 0 Å².